The lowest BCUT2D eigenvalue weighted by atomic mass is 9.82. The molecule has 1 aromatic rings. The lowest BCUT2D eigenvalue weighted by Gasteiger charge is -2.39. The van der Waals surface area contributed by atoms with Gasteiger partial charge in [-0.05, 0) is 37.1 Å². The maximum atomic E-state index is 12.2. The van der Waals surface area contributed by atoms with Crippen LogP contribution in [-0.2, 0) is 9.53 Å². The first-order chi connectivity index (χ1) is 8.07. The van der Waals surface area contributed by atoms with Gasteiger partial charge in [0.2, 0.25) is 5.91 Å². The van der Waals surface area contributed by atoms with Crippen molar-refractivity contribution in [3.63, 3.8) is 0 Å². The van der Waals surface area contributed by atoms with Gasteiger partial charge in [-0.15, -0.1) is 0 Å². The minimum absolute atomic E-state index is 0.0386. The number of benzene rings is 1. The molecule has 1 amide bonds. The van der Waals surface area contributed by atoms with Crippen molar-refractivity contribution in [2.75, 3.05) is 18.5 Å². The summed E-state index contributed by atoms with van der Waals surface area (Å²) < 4.78 is 5.16. The van der Waals surface area contributed by atoms with Crippen LogP contribution in [0.15, 0.2) is 18.2 Å². The van der Waals surface area contributed by atoms with Crippen molar-refractivity contribution in [1.29, 1.82) is 0 Å². The minimum Gasteiger partial charge on any atom is -0.379 e. The summed E-state index contributed by atoms with van der Waals surface area (Å²) in [5, 5.41) is 3.63. The van der Waals surface area contributed by atoms with Crippen LogP contribution in [0.4, 0.5) is 5.69 Å². The Morgan fingerprint density at radius 3 is 2.71 bits per heavy atom. The highest BCUT2D eigenvalue weighted by Gasteiger charge is 2.44. The van der Waals surface area contributed by atoms with Crippen molar-refractivity contribution in [1.82, 2.24) is 0 Å². The van der Waals surface area contributed by atoms with Crippen LogP contribution in [0.1, 0.15) is 18.9 Å². The highest BCUT2D eigenvalue weighted by Crippen LogP contribution is 2.33. The van der Waals surface area contributed by atoms with E-state index in [0.29, 0.717) is 18.2 Å². The smallest absolute Gasteiger partial charge is 0.235 e. The lowest BCUT2D eigenvalue weighted by molar-refractivity contribution is -0.156. The molecule has 17 heavy (non-hydrogen) atoms. The van der Waals surface area contributed by atoms with Crippen molar-refractivity contribution in [2.45, 2.75) is 20.3 Å². The van der Waals surface area contributed by atoms with E-state index in [1.165, 1.54) is 0 Å². The molecule has 3 nitrogen and oxygen atoms in total. The predicted molar refractivity (Wildman–Crippen MR) is 68.4 cm³/mol. The molecule has 0 radical (unpaired) electrons. The second-order valence-electron chi connectivity index (χ2n) is 4.54. The molecule has 2 rings (SSSR count). The monoisotopic (exact) mass is 253 g/mol. The molecule has 0 atom stereocenters. The zero-order valence-corrected chi connectivity index (χ0v) is 10.8. The first-order valence-electron chi connectivity index (χ1n) is 5.73. The van der Waals surface area contributed by atoms with Crippen LogP contribution in [0.25, 0.3) is 0 Å². The molecule has 1 heterocycles. The number of rotatable bonds is 3. The fourth-order valence-corrected chi connectivity index (χ4v) is 2.09. The number of amides is 1. The molecule has 1 aliphatic rings. The van der Waals surface area contributed by atoms with Gasteiger partial charge in [-0.25, -0.2) is 0 Å². The number of anilines is 1. The average Bonchev–Trinajstić information content (AvgIpc) is 2.21. The number of ether oxygens (including phenoxy) is 1. The van der Waals surface area contributed by atoms with Gasteiger partial charge in [0.05, 0.1) is 18.6 Å². The van der Waals surface area contributed by atoms with Gasteiger partial charge in [-0.2, -0.15) is 0 Å². The van der Waals surface area contributed by atoms with Crippen LogP contribution in [0.5, 0.6) is 0 Å². The molecule has 0 bridgehead atoms. The lowest BCUT2D eigenvalue weighted by Crippen LogP contribution is -2.51. The highest BCUT2D eigenvalue weighted by molar-refractivity contribution is 6.30. The summed E-state index contributed by atoms with van der Waals surface area (Å²) in [6.45, 7) is 4.97. The molecule has 1 aliphatic heterocycles. The minimum atomic E-state index is -0.341. The van der Waals surface area contributed by atoms with Crippen LogP contribution in [0.2, 0.25) is 5.02 Å². The van der Waals surface area contributed by atoms with E-state index in [9.17, 15) is 4.79 Å². The Morgan fingerprint density at radius 1 is 1.53 bits per heavy atom. The second kappa shape index (κ2) is 4.67. The third kappa shape index (κ3) is 2.31. The van der Waals surface area contributed by atoms with Gasteiger partial charge in [0.15, 0.2) is 0 Å². The molecular formula is C13H16ClNO2. The molecule has 0 saturated carbocycles. The Balaban J connectivity index is 2.13. The van der Waals surface area contributed by atoms with E-state index in [-0.39, 0.29) is 11.3 Å². The third-order valence-electron chi connectivity index (χ3n) is 3.35. The van der Waals surface area contributed by atoms with Crippen LogP contribution < -0.4 is 5.32 Å². The number of carbonyl (C=O) groups is 1. The summed E-state index contributed by atoms with van der Waals surface area (Å²) in [4.78, 5) is 12.2. The summed E-state index contributed by atoms with van der Waals surface area (Å²) >= 11 is 5.88. The topological polar surface area (TPSA) is 38.3 Å². The first-order valence-corrected chi connectivity index (χ1v) is 6.10. The van der Waals surface area contributed by atoms with Crippen LogP contribution >= 0.6 is 11.6 Å². The number of aryl methyl sites for hydroxylation is 1. The fraction of sp³-hybridized carbons (Fsp3) is 0.462. The van der Waals surface area contributed by atoms with Crippen molar-refractivity contribution < 1.29 is 9.53 Å². The van der Waals surface area contributed by atoms with Gasteiger partial charge >= 0.3 is 0 Å². The summed E-state index contributed by atoms with van der Waals surface area (Å²) in [5.41, 5.74) is 1.45. The molecular weight excluding hydrogens is 238 g/mol. The Morgan fingerprint density at radius 2 is 2.24 bits per heavy atom. The Labute approximate surface area is 106 Å². The van der Waals surface area contributed by atoms with Crippen molar-refractivity contribution in [3.05, 3.63) is 28.8 Å². The Hall–Kier alpha value is -1.06. The number of hydrogen-bond acceptors (Lipinski definition) is 2. The molecule has 1 fully saturated rings. The van der Waals surface area contributed by atoms with Gasteiger partial charge in [-0.1, -0.05) is 18.5 Å². The molecule has 92 valence electrons. The average molecular weight is 254 g/mol. The summed E-state index contributed by atoms with van der Waals surface area (Å²) in [6.07, 6.45) is 0.797. The zero-order valence-electron chi connectivity index (χ0n) is 10.0. The van der Waals surface area contributed by atoms with Crippen LogP contribution in [0, 0.1) is 12.3 Å². The summed E-state index contributed by atoms with van der Waals surface area (Å²) in [5.74, 6) is 0.0386. The Kier molecular flexibility index (Phi) is 3.40. The normalized spacial score (nSPS) is 17.4. The molecule has 1 aromatic carbocycles. The number of nitrogens with one attached hydrogen (secondary N) is 1. The second-order valence-corrected chi connectivity index (χ2v) is 4.98. The molecule has 0 aromatic heterocycles. The summed E-state index contributed by atoms with van der Waals surface area (Å²) in [7, 11) is 0. The van der Waals surface area contributed by atoms with E-state index in [0.717, 1.165) is 17.7 Å². The van der Waals surface area contributed by atoms with Crippen molar-refractivity contribution in [3.8, 4) is 0 Å². The quantitative estimate of drug-likeness (QED) is 0.899. The van der Waals surface area contributed by atoms with Gasteiger partial charge in [0.25, 0.3) is 0 Å². The molecule has 0 spiro atoms. The van der Waals surface area contributed by atoms with E-state index in [1.54, 1.807) is 6.07 Å². The van der Waals surface area contributed by atoms with Gasteiger partial charge in [0.1, 0.15) is 0 Å². The predicted octanol–water partition coefficient (Wildman–Crippen LogP) is 3.01. The number of hydrogen-bond donors (Lipinski definition) is 1. The Bertz CT molecular complexity index is 436. The van der Waals surface area contributed by atoms with Crippen molar-refractivity contribution in [2.24, 2.45) is 5.41 Å². The molecule has 0 aliphatic carbocycles. The number of halogens is 1. The van der Waals surface area contributed by atoms with Crippen LogP contribution in [0.3, 0.4) is 0 Å². The maximum Gasteiger partial charge on any atom is 0.235 e. The standard InChI is InChI=1S/C13H16ClNO2/c1-3-13(7-17-8-13)12(16)15-11-5-4-10(14)6-9(11)2/h4-6H,3,7-8H2,1-2H3,(H,15,16). The fourth-order valence-electron chi connectivity index (χ4n) is 1.87. The maximum absolute atomic E-state index is 12.2. The summed E-state index contributed by atoms with van der Waals surface area (Å²) in [6, 6.07) is 5.45. The largest absolute Gasteiger partial charge is 0.379 e. The molecule has 1 N–H and O–H groups in total. The molecule has 1 saturated heterocycles. The van der Waals surface area contributed by atoms with E-state index >= 15 is 0 Å². The van der Waals surface area contributed by atoms with E-state index in [4.69, 9.17) is 16.3 Å². The molecule has 0 unspecified atom stereocenters. The van der Waals surface area contributed by atoms with Gasteiger partial charge in [-0.3, -0.25) is 4.79 Å². The van der Waals surface area contributed by atoms with Crippen molar-refractivity contribution >= 4 is 23.2 Å². The van der Waals surface area contributed by atoms with E-state index < -0.39 is 0 Å². The van der Waals surface area contributed by atoms with Gasteiger partial charge < -0.3 is 10.1 Å². The molecule has 4 heteroatoms. The van der Waals surface area contributed by atoms with E-state index in [2.05, 4.69) is 5.32 Å². The number of carbonyl (C=O) groups excluding carboxylic acids is 1. The van der Waals surface area contributed by atoms with Gasteiger partial charge in [0, 0.05) is 10.7 Å². The third-order valence-corrected chi connectivity index (χ3v) is 3.59. The zero-order chi connectivity index (χ0) is 12.5. The van der Waals surface area contributed by atoms with Crippen LogP contribution in [-0.4, -0.2) is 19.1 Å². The first kappa shape index (κ1) is 12.4. The van der Waals surface area contributed by atoms with E-state index in [1.807, 2.05) is 26.0 Å². The highest BCUT2D eigenvalue weighted by atomic mass is 35.5. The SMILES string of the molecule is CCC1(C(=O)Nc2ccc(Cl)cc2C)COC1.